The monoisotopic (exact) mass is 349 g/mol. The minimum absolute atomic E-state index is 0.504. The second kappa shape index (κ2) is 6.91. The summed E-state index contributed by atoms with van der Waals surface area (Å²) in [6.45, 7) is 8.00. The minimum atomic E-state index is 0.504. The van der Waals surface area contributed by atoms with Gasteiger partial charge in [0.1, 0.15) is 22.5 Å². The van der Waals surface area contributed by atoms with Crippen LogP contribution in [0.1, 0.15) is 27.5 Å². The third-order valence-electron chi connectivity index (χ3n) is 3.62. The van der Waals surface area contributed by atoms with Gasteiger partial charge in [0.2, 0.25) is 0 Å². The van der Waals surface area contributed by atoms with Crippen molar-refractivity contribution in [1.29, 1.82) is 5.26 Å². The van der Waals surface area contributed by atoms with Crippen molar-refractivity contribution in [3.8, 4) is 11.8 Å². The second-order valence-corrected chi connectivity index (χ2v) is 6.89. The van der Waals surface area contributed by atoms with E-state index in [2.05, 4.69) is 53.5 Å². The summed E-state index contributed by atoms with van der Waals surface area (Å²) in [5.74, 6) is 0.809. The minimum Gasteiger partial charge on any atom is -0.345 e. The number of nitrogens with one attached hydrogen (secondary N) is 1. The molecule has 25 heavy (non-hydrogen) atoms. The highest BCUT2D eigenvalue weighted by molar-refractivity contribution is 7.10. The lowest BCUT2D eigenvalue weighted by molar-refractivity contribution is 0.866. The smallest absolute Gasteiger partial charge is 0.135 e. The van der Waals surface area contributed by atoms with Gasteiger partial charge in [-0.3, -0.25) is 0 Å². The van der Waals surface area contributed by atoms with Crippen LogP contribution in [-0.4, -0.2) is 14.8 Å². The highest BCUT2D eigenvalue weighted by atomic mass is 32.1. The van der Waals surface area contributed by atoms with Crippen LogP contribution in [0.4, 0.5) is 5.82 Å². The van der Waals surface area contributed by atoms with Crippen molar-refractivity contribution in [2.45, 2.75) is 27.7 Å². The lowest BCUT2D eigenvalue weighted by atomic mass is 10.1. The highest BCUT2D eigenvalue weighted by Crippen LogP contribution is 2.22. The number of nitriles is 1. The number of nitrogens with zero attached hydrogens (tertiary/aromatic N) is 4. The molecule has 0 saturated heterocycles. The van der Waals surface area contributed by atoms with Gasteiger partial charge in [0.25, 0.3) is 0 Å². The zero-order valence-corrected chi connectivity index (χ0v) is 15.5. The van der Waals surface area contributed by atoms with Crippen LogP contribution in [0.3, 0.4) is 0 Å². The summed E-state index contributed by atoms with van der Waals surface area (Å²) in [5, 5.41) is 19.8. The van der Waals surface area contributed by atoms with Crippen molar-refractivity contribution in [2.75, 3.05) is 5.32 Å². The SMILES string of the molecule is Cc1cc(C)cc(-n2nc(C)cc2N/C=C(\C#N)c2nc(C)cs2)c1. The maximum atomic E-state index is 9.42. The van der Waals surface area contributed by atoms with Gasteiger partial charge in [0, 0.05) is 23.3 Å². The second-order valence-electron chi connectivity index (χ2n) is 6.04. The van der Waals surface area contributed by atoms with Gasteiger partial charge in [0.15, 0.2) is 0 Å². The van der Waals surface area contributed by atoms with Crippen molar-refractivity contribution < 1.29 is 0 Å². The van der Waals surface area contributed by atoms with Gasteiger partial charge in [-0.2, -0.15) is 10.4 Å². The molecule has 2 heterocycles. The van der Waals surface area contributed by atoms with Crippen molar-refractivity contribution in [3.63, 3.8) is 0 Å². The number of aromatic nitrogens is 3. The molecule has 0 saturated carbocycles. The Bertz CT molecular complexity index is 967. The van der Waals surface area contributed by atoms with E-state index in [1.54, 1.807) is 6.20 Å². The van der Waals surface area contributed by atoms with Crippen molar-refractivity contribution in [3.05, 3.63) is 63.4 Å². The number of aryl methyl sites for hydroxylation is 4. The maximum absolute atomic E-state index is 9.42. The summed E-state index contributed by atoms with van der Waals surface area (Å²) in [6, 6.07) is 10.5. The largest absolute Gasteiger partial charge is 0.345 e. The molecule has 0 fully saturated rings. The molecule has 0 aliphatic rings. The van der Waals surface area contributed by atoms with Gasteiger partial charge in [0.05, 0.1) is 11.4 Å². The molecule has 0 spiro atoms. The Morgan fingerprint density at radius 1 is 1.12 bits per heavy atom. The third-order valence-corrected chi connectivity index (χ3v) is 4.61. The Morgan fingerprint density at radius 2 is 1.84 bits per heavy atom. The summed E-state index contributed by atoms with van der Waals surface area (Å²) < 4.78 is 1.86. The number of anilines is 1. The zero-order valence-electron chi connectivity index (χ0n) is 14.7. The molecule has 0 bridgehead atoms. The number of hydrogen-bond donors (Lipinski definition) is 1. The Hall–Kier alpha value is -2.91. The summed E-state index contributed by atoms with van der Waals surface area (Å²) in [5.41, 5.74) is 5.67. The van der Waals surface area contributed by atoms with Crippen LogP contribution in [0, 0.1) is 39.0 Å². The molecule has 2 aromatic heterocycles. The summed E-state index contributed by atoms with van der Waals surface area (Å²) in [6.07, 6.45) is 1.69. The van der Waals surface area contributed by atoms with E-state index < -0.39 is 0 Å². The van der Waals surface area contributed by atoms with E-state index in [1.165, 1.54) is 22.5 Å². The fourth-order valence-electron chi connectivity index (χ4n) is 2.64. The molecule has 6 heteroatoms. The molecule has 3 aromatic rings. The van der Waals surface area contributed by atoms with Gasteiger partial charge < -0.3 is 5.32 Å². The van der Waals surface area contributed by atoms with Gasteiger partial charge in [-0.1, -0.05) is 6.07 Å². The van der Waals surface area contributed by atoms with Gasteiger partial charge in [-0.25, -0.2) is 9.67 Å². The number of rotatable bonds is 4. The van der Waals surface area contributed by atoms with Crippen molar-refractivity contribution in [1.82, 2.24) is 14.8 Å². The Morgan fingerprint density at radius 3 is 2.44 bits per heavy atom. The summed E-state index contributed by atoms with van der Waals surface area (Å²) in [4.78, 5) is 4.37. The average molecular weight is 349 g/mol. The van der Waals surface area contributed by atoms with E-state index in [0.717, 1.165) is 22.9 Å². The Labute approximate surface area is 151 Å². The highest BCUT2D eigenvalue weighted by Gasteiger charge is 2.10. The number of hydrogen-bond acceptors (Lipinski definition) is 5. The average Bonchev–Trinajstić information content (AvgIpc) is 3.13. The Balaban J connectivity index is 1.96. The fraction of sp³-hybridized carbons (Fsp3) is 0.211. The van der Waals surface area contributed by atoms with Crippen LogP contribution in [-0.2, 0) is 0 Å². The lowest BCUT2D eigenvalue weighted by Crippen LogP contribution is -2.03. The number of allylic oxidation sites excluding steroid dienone is 1. The first kappa shape index (κ1) is 16.9. The molecule has 5 nitrogen and oxygen atoms in total. The van der Waals surface area contributed by atoms with Crippen LogP contribution in [0.2, 0.25) is 0 Å². The van der Waals surface area contributed by atoms with Crippen molar-refractivity contribution >= 4 is 22.7 Å². The van der Waals surface area contributed by atoms with Gasteiger partial charge in [-0.15, -0.1) is 11.3 Å². The predicted molar refractivity (Wildman–Crippen MR) is 102 cm³/mol. The van der Waals surface area contributed by atoms with Crippen LogP contribution in [0.15, 0.2) is 35.8 Å². The van der Waals surface area contributed by atoms with Gasteiger partial charge >= 0.3 is 0 Å². The normalized spacial score (nSPS) is 11.4. The predicted octanol–water partition coefficient (Wildman–Crippen LogP) is 4.54. The molecule has 0 aliphatic carbocycles. The first-order chi connectivity index (χ1) is 12.0. The molecule has 3 rings (SSSR count). The molecule has 0 aliphatic heterocycles. The molecule has 0 atom stereocenters. The van der Waals surface area contributed by atoms with Crippen molar-refractivity contribution in [2.24, 2.45) is 0 Å². The van der Waals surface area contributed by atoms with Crippen LogP contribution in [0.25, 0.3) is 11.3 Å². The van der Waals surface area contributed by atoms with Gasteiger partial charge in [-0.05, 0) is 51.0 Å². The number of benzene rings is 1. The van der Waals surface area contributed by atoms with Crippen LogP contribution < -0.4 is 5.32 Å². The van der Waals surface area contributed by atoms with Crippen LogP contribution in [0.5, 0.6) is 0 Å². The standard InChI is InChI=1S/C19H19N5S/c1-12-5-13(2)7-17(6-12)24-18(8-14(3)23-24)21-10-16(9-20)19-22-15(4)11-25-19/h5-8,10-11,21H,1-4H3/b16-10+. The van der Waals surface area contributed by atoms with E-state index in [-0.39, 0.29) is 0 Å². The molecule has 0 unspecified atom stereocenters. The summed E-state index contributed by atoms with van der Waals surface area (Å²) >= 11 is 1.46. The van der Waals surface area contributed by atoms with Crippen LogP contribution >= 0.6 is 11.3 Å². The zero-order chi connectivity index (χ0) is 18.0. The molecule has 126 valence electrons. The van der Waals surface area contributed by atoms with E-state index in [4.69, 9.17) is 0 Å². The summed E-state index contributed by atoms with van der Waals surface area (Å²) in [7, 11) is 0. The molecular weight excluding hydrogens is 330 g/mol. The third kappa shape index (κ3) is 3.78. The molecule has 1 N–H and O–H groups in total. The van der Waals surface area contributed by atoms with E-state index >= 15 is 0 Å². The lowest BCUT2D eigenvalue weighted by Gasteiger charge is -2.09. The Kier molecular flexibility index (Phi) is 4.68. The molecule has 0 amide bonds. The van der Waals surface area contributed by atoms with E-state index in [0.29, 0.717) is 10.6 Å². The molecule has 0 radical (unpaired) electrons. The maximum Gasteiger partial charge on any atom is 0.135 e. The first-order valence-corrected chi connectivity index (χ1v) is 8.79. The molecular formula is C19H19N5S. The van der Waals surface area contributed by atoms with E-state index in [1.807, 2.05) is 30.0 Å². The van der Waals surface area contributed by atoms with E-state index in [9.17, 15) is 5.26 Å². The quantitative estimate of drug-likeness (QED) is 0.702. The molecule has 1 aromatic carbocycles. The number of thiazole rings is 1. The fourth-order valence-corrected chi connectivity index (χ4v) is 3.40. The first-order valence-electron chi connectivity index (χ1n) is 7.91. The topological polar surface area (TPSA) is 66.5 Å².